The third-order valence-electron chi connectivity index (χ3n) is 4.15. The zero-order valence-electron chi connectivity index (χ0n) is 14.1. The zero-order valence-corrected chi connectivity index (χ0v) is 15.7. The van der Waals surface area contributed by atoms with E-state index in [2.05, 4.69) is 72.0 Å². The van der Waals surface area contributed by atoms with Crippen molar-refractivity contribution in [1.29, 1.82) is 0 Å². The van der Waals surface area contributed by atoms with Crippen molar-refractivity contribution in [3.8, 4) is 0 Å². The summed E-state index contributed by atoms with van der Waals surface area (Å²) < 4.78 is 1.17. The van der Waals surface area contributed by atoms with E-state index in [0.717, 1.165) is 32.1 Å². The van der Waals surface area contributed by atoms with Gasteiger partial charge in [-0.2, -0.15) is 0 Å². The van der Waals surface area contributed by atoms with Gasteiger partial charge < -0.3 is 10.2 Å². The van der Waals surface area contributed by atoms with Crippen LogP contribution in [0.5, 0.6) is 0 Å². The molecule has 0 unspecified atom stereocenters. The molecule has 0 aliphatic rings. The van der Waals surface area contributed by atoms with Crippen molar-refractivity contribution in [2.24, 2.45) is 5.92 Å². The fourth-order valence-corrected chi connectivity index (χ4v) is 2.99. The van der Waals surface area contributed by atoms with Crippen molar-refractivity contribution in [2.45, 2.75) is 53.5 Å². The minimum absolute atomic E-state index is 0.778. The molecule has 0 heterocycles. The molecular weight excluding hydrogens is 324 g/mol. The second kappa shape index (κ2) is 10.2. The Kier molecular flexibility index (Phi) is 9.02. The number of hydrogen-bond acceptors (Lipinski definition) is 2. The van der Waals surface area contributed by atoms with E-state index in [1.54, 1.807) is 0 Å². The highest BCUT2D eigenvalue weighted by Gasteiger charge is 2.14. The predicted molar refractivity (Wildman–Crippen MR) is 98.1 cm³/mol. The summed E-state index contributed by atoms with van der Waals surface area (Å²) >= 11 is 3.63. The lowest BCUT2D eigenvalue weighted by molar-refractivity contribution is 0.485. The van der Waals surface area contributed by atoms with Crippen LogP contribution in [-0.4, -0.2) is 19.6 Å². The molecule has 0 aliphatic carbocycles. The first-order valence-electron chi connectivity index (χ1n) is 8.40. The number of hydrogen-bond donors (Lipinski definition) is 1. The lowest BCUT2D eigenvalue weighted by Gasteiger charge is -2.29. The van der Waals surface area contributed by atoms with Crippen LogP contribution in [0.1, 0.15) is 52.5 Å². The molecule has 0 spiro atoms. The minimum Gasteiger partial charge on any atom is -0.371 e. The number of rotatable bonds is 10. The van der Waals surface area contributed by atoms with Gasteiger partial charge in [0.05, 0.1) is 0 Å². The van der Waals surface area contributed by atoms with E-state index in [4.69, 9.17) is 0 Å². The van der Waals surface area contributed by atoms with E-state index in [1.165, 1.54) is 35.0 Å². The van der Waals surface area contributed by atoms with Crippen LogP contribution in [0.25, 0.3) is 0 Å². The Morgan fingerprint density at radius 1 is 1.14 bits per heavy atom. The summed E-state index contributed by atoms with van der Waals surface area (Å²) in [6.45, 7) is 13.3. The molecule has 21 heavy (non-hydrogen) atoms. The second-order valence-electron chi connectivity index (χ2n) is 5.67. The first kappa shape index (κ1) is 18.5. The van der Waals surface area contributed by atoms with Crippen molar-refractivity contribution in [2.75, 3.05) is 24.5 Å². The van der Waals surface area contributed by atoms with Gasteiger partial charge in [0.25, 0.3) is 0 Å². The quantitative estimate of drug-likeness (QED) is 0.580. The normalized spacial score (nSPS) is 11.1. The van der Waals surface area contributed by atoms with E-state index < -0.39 is 0 Å². The van der Waals surface area contributed by atoms with E-state index in [0.29, 0.717) is 0 Å². The standard InChI is InChI=1S/C18H31BrN2/c1-5-11-20-13-16-9-10-17(19)12-18(16)21(8-4)14-15(6-2)7-3/h9-10,12,15,20H,5-8,11,13-14H2,1-4H3. The molecule has 1 rings (SSSR count). The first-order valence-corrected chi connectivity index (χ1v) is 9.19. The zero-order chi connectivity index (χ0) is 15.7. The second-order valence-corrected chi connectivity index (χ2v) is 6.59. The summed E-state index contributed by atoms with van der Waals surface area (Å²) in [5, 5.41) is 3.53. The van der Waals surface area contributed by atoms with Gasteiger partial charge in [-0.25, -0.2) is 0 Å². The van der Waals surface area contributed by atoms with Crippen molar-refractivity contribution >= 4 is 21.6 Å². The van der Waals surface area contributed by atoms with Crippen molar-refractivity contribution < 1.29 is 0 Å². The van der Waals surface area contributed by atoms with Crippen LogP contribution in [-0.2, 0) is 6.54 Å². The number of anilines is 1. The summed E-state index contributed by atoms with van der Waals surface area (Å²) in [5.74, 6) is 0.778. The first-order chi connectivity index (χ1) is 10.2. The molecule has 0 saturated carbocycles. The smallest absolute Gasteiger partial charge is 0.0423 e. The Morgan fingerprint density at radius 2 is 1.86 bits per heavy atom. The summed E-state index contributed by atoms with van der Waals surface area (Å²) in [5.41, 5.74) is 2.78. The highest BCUT2D eigenvalue weighted by atomic mass is 79.9. The molecule has 1 aromatic rings. The van der Waals surface area contributed by atoms with Crippen LogP contribution in [0.2, 0.25) is 0 Å². The molecule has 2 nitrogen and oxygen atoms in total. The highest BCUT2D eigenvalue weighted by molar-refractivity contribution is 9.10. The largest absolute Gasteiger partial charge is 0.371 e. The van der Waals surface area contributed by atoms with Gasteiger partial charge in [0.15, 0.2) is 0 Å². The molecule has 0 aromatic heterocycles. The number of halogens is 1. The van der Waals surface area contributed by atoms with Crippen LogP contribution < -0.4 is 10.2 Å². The molecule has 1 aromatic carbocycles. The Hall–Kier alpha value is -0.540. The lowest BCUT2D eigenvalue weighted by atomic mass is 10.0. The minimum atomic E-state index is 0.778. The fourth-order valence-electron chi connectivity index (χ4n) is 2.64. The molecule has 1 N–H and O–H groups in total. The van der Waals surface area contributed by atoms with Crippen molar-refractivity contribution in [3.05, 3.63) is 28.2 Å². The molecule has 120 valence electrons. The summed E-state index contributed by atoms with van der Waals surface area (Å²) in [4.78, 5) is 2.53. The van der Waals surface area contributed by atoms with E-state index in [9.17, 15) is 0 Å². The number of nitrogens with zero attached hydrogens (tertiary/aromatic N) is 1. The van der Waals surface area contributed by atoms with Crippen LogP contribution in [0.4, 0.5) is 5.69 Å². The molecule has 0 aliphatic heterocycles. The molecule has 0 amide bonds. The van der Waals surface area contributed by atoms with Gasteiger partial charge in [0.2, 0.25) is 0 Å². The molecular formula is C18H31BrN2. The van der Waals surface area contributed by atoms with Crippen molar-refractivity contribution in [1.82, 2.24) is 5.32 Å². The van der Waals surface area contributed by atoms with Crippen LogP contribution in [0, 0.1) is 5.92 Å². The van der Waals surface area contributed by atoms with E-state index in [1.807, 2.05) is 0 Å². The molecule has 0 radical (unpaired) electrons. The average Bonchev–Trinajstić information content (AvgIpc) is 2.50. The molecule has 0 bridgehead atoms. The SMILES string of the molecule is CCCNCc1ccc(Br)cc1N(CC)CC(CC)CC. The van der Waals surface area contributed by atoms with Gasteiger partial charge in [-0.15, -0.1) is 0 Å². The van der Waals surface area contributed by atoms with Crippen LogP contribution in [0.15, 0.2) is 22.7 Å². The summed E-state index contributed by atoms with van der Waals surface area (Å²) in [6, 6.07) is 6.67. The van der Waals surface area contributed by atoms with Crippen LogP contribution in [0.3, 0.4) is 0 Å². The average molecular weight is 355 g/mol. The molecule has 0 fully saturated rings. The van der Waals surface area contributed by atoms with Gasteiger partial charge in [0, 0.05) is 29.8 Å². The van der Waals surface area contributed by atoms with Gasteiger partial charge in [0.1, 0.15) is 0 Å². The molecule has 3 heteroatoms. The third-order valence-corrected chi connectivity index (χ3v) is 4.64. The summed E-state index contributed by atoms with van der Waals surface area (Å²) in [6.07, 6.45) is 3.69. The van der Waals surface area contributed by atoms with Crippen LogP contribution >= 0.6 is 15.9 Å². The number of benzene rings is 1. The van der Waals surface area contributed by atoms with E-state index in [-0.39, 0.29) is 0 Å². The Morgan fingerprint density at radius 3 is 2.43 bits per heavy atom. The maximum Gasteiger partial charge on any atom is 0.0423 e. The third kappa shape index (κ3) is 5.99. The van der Waals surface area contributed by atoms with E-state index >= 15 is 0 Å². The van der Waals surface area contributed by atoms with Crippen molar-refractivity contribution in [3.63, 3.8) is 0 Å². The monoisotopic (exact) mass is 354 g/mol. The lowest BCUT2D eigenvalue weighted by Crippen LogP contribution is -2.30. The molecule has 0 atom stereocenters. The number of nitrogens with one attached hydrogen (secondary N) is 1. The summed E-state index contributed by atoms with van der Waals surface area (Å²) in [7, 11) is 0. The Balaban J connectivity index is 2.91. The van der Waals surface area contributed by atoms with Gasteiger partial charge >= 0.3 is 0 Å². The topological polar surface area (TPSA) is 15.3 Å². The van der Waals surface area contributed by atoms with Gasteiger partial charge in [-0.1, -0.05) is 55.6 Å². The predicted octanol–water partition coefficient (Wildman–Crippen LogP) is 5.21. The maximum atomic E-state index is 3.63. The molecule has 0 saturated heterocycles. The fraction of sp³-hybridized carbons (Fsp3) is 0.667. The highest BCUT2D eigenvalue weighted by Crippen LogP contribution is 2.27. The Bertz CT molecular complexity index is 402. The van der Waals surface area contributed by atoms with Gasteiger partial charge in [-0.05, 0) is 43.5 Å². The maximum absolute atomic E-state index is 3.63. The van der Waals surface area contributed by atoms with Gasteiger partial charge in [-0.3, -0.25) is 0 Å². The Labute approximate surface area is 139 Å².